The van der Waals surface area contributed by atoms with Crippen molar-refractivity contribution in [3.63, 3.8) is 0 Å². The van der Waals surface area contributed by atoms with Crippen LogP contribution in [0.25, 0.3) is 0 Å². The van der Waals surface area contributed by atoms with E-state index in [2.05, 4.69) is 26.0 Å². The maximum absolute atomic E-state index is 9.43. The molecule has 0 unspecified atom stereocenters. The van der Waals surface area contributed by atoms with Gasteiger partial charge in [0.25, 0.3) is 0 Å². The molecule has 0 atom stereocenters. The molecule has 1 rings (SSSR count). The van der Waals surface area contributed by atoms with Crippen LogP contribution in [0, 0.1) is 0 Å². The number of hydrogen-bond acceptors (Lipinski definition) is 1. The summed E-state index contributed by atoms with van der Waals surface area (Å²) in [6.07, 6.45) is 1.98. The van der Waals surface area contributed by atoms with Crippen molar-refractivity contribution >= 4 is 0 Å². The Morgan fingerprint density at radius 3 is 2.00 bits per heavy atom. The molecule has 0 aromatic heterocycles. The lowest BCUT2D eigenvalue weighted by atomic mass is 9.77. The van der Waals surface area contributed by atoms with Crippen molar-refractivity contribution in [2.75, 3.05) is 6.61 Å². The summed E-state index contributed by atoms with van der Waals surface area (Å²) in [5.74, 6) is 0. The highest BCUT2D eigenvalue weighted by Gasteiger charge is 2.26. The quantitative estimate of drug-likeness (QED) is 0.751. The first kappa shape index (κ1) is 10.3. The molecule has 1 aromatic carbocycles. The van der Waals surface area contributed by atoms with Gasteiger partial charge in [-0.25, -0.2) is 0 Å². The lowest BCUT2D eigenvalue weighted by Crippen LogP contribution is -2.28. The number of benzene rings is 1. The van der Waals surface area contributed by atoms with Gasteiger partial charge in [0.1, 0.15) is 0 Å². The van der Waals surface area contributed by atoms with Gasteiger partial charge in [0.05, 0.1) is 6.61 Å². The Hall–Kier alpha value is -0.820. The molecule has 72 valence electrons. The predicted octanol–water partition coefficient (Wildman–Crippen LogP) is 2.74. The number of hydrogen-bond donors (Lipinski definition) is 1. The van der Waals surface area contributed by atoms with E-state index in [9.17, 15) is 5.11 Å². The zero-order valence-electron chi connectivity index (χ0n) is 8.46. The first-order chi connectivity index (χ1) is 6.29. The van der Waals surface area contributed by atoms with Gasteiger partial charge in [-0.05, 0) is 18.4 Å². The molecule has 0 heterocycles. The van der Waals surface area contributed by atoms with Crippen molar-refractivity contribution in [3.05, 3.63) is 35.9 Å². The van der Waals surface area contributed by atoms with Crippen LogP contribution in [0.15, 0.2) is 30.3 Å². The third-order valence-corrected chi connectivity index (χ3v) is 3.04. The minimum Gasteiger partial charge on any atom is -0.395 e. The summed E-state index contributed by atoms with van der Waals surface area (Å²) in [6, 6.07) is 10.3. The van der Waals surface area contributed by atoms with Gasteiger partial charge < -0.3 is 5.11 Å². The first-order valence-electron chi connectivity index (χ1n) is 4.95. The van der Waals surface area contributed by atoms with Gasteiger partial charge in [-0.2, -0.15) is 0 Å². The average molecular weight is 178 g/mol. The summed E-state index contributed by atoms with van der Waals surface area (Å²) in [6.45, 7) is 4.50. The fraction of sp³-hybridized carbons (Fsp3) is 0.500. The van der Waals surface area contributed by atoms with Crippen LogP contribution in [-0.4, -0.2) is 11.7 Å². The van der Waals surface area contributed by atoms with Crippen molar-refractivity contribution in [1.29, 1.82) is 0 Å². The van der Waals surface area contributed by atoms with E-state index >= 15 is 0 Å². The minimum absolute atomic E-state index is 0.0265. The van der Waals surface area contributed by atoms with E-state index in [1.807, 2.05) is 18.2 Å². The van der Waals surface area contributed by atoms with Crippen molar-refractivity contribution in [1.82, 2.24) is 0 Å². The molecule has 0 saturated carbocycles. The number of aliphatic hydroxyl groups excluding tert-OH is 1. The van der Waals surface area contributed by atoms with Crippen molar-refractivity contribution in [3.8, 4) is 0 Å². The average Bonchev–Trinajstić information content (AvgIpc) is 2.23. The van der Waals surface area contributed by atoms with Crippen molar-refractivity contribution in [2.45, 2.75) is 32.1 Å². The number of rotatable bonds is 4. The molecule has 13 heavy (non-hydrogen) atoms. The van der Waals surface area contributed by atoms with E-state index in [1.165, 1.54) is 5.56 Å². The molecule has 0 saturated heterocycles. The molecule has 1 N–H and O–H groups in total. The molecule has 1 nitrogen and oxygen atoms in total. The summed E-state index contributed by atoms with van der Waals surface area (Å²) in [7, 11) is 0. The van der Waals surface area contributed by atoms with E-state index in [-0.39, 0.29) is 12.0 Å². The molecule has 0 amide bonds. The van der Waals surface area contributed by atoms with Gasteiger partial charge in [-0.1, -0.05) is 44.2 Å². The van der Waals surface area contributed by atoms with Gasteiger partial charge in [0.15, 0.2) is 0 Å². The van der Waals surface area contributed by atoms with Gasteiger partial charge in [0, 0.05) is 5.41 Å². The van der Waals surface area contributed by atoms with E-state index in [1.54, 1.807) is 0 Å². The molecule has 0 aliphatic heterocycles. The Balaban J connectivity index is 3.01. The van der Waals surface area contributed by atoms with Crippen LogP contribution in [0.1, 0.15) is 32.3 Å². The van der Waals surface area contributed by atoms with Crippen LogP contribution in [-0.2, 0) is 5.41 Å². The highest BCUT2D eigenvalue weighted by molar-refractivity contribution is 5.25. The second-order valence-corrected chi connectivity index (χ2v) is 3.51. The second-order valence-electron chi connectivity index (χ2n) is 3.51. The van der Waals surface area contributed by atoms with Gasteiger partial charge in [0.2, 0.25) is 0 Å². The third kappa shape index (κ3) is 1.92. The molecule has 0 bridgehead atoms. The van der Waals surface area contributed by atoms with Gasteiger partial charge in [-0.15, -0.1) is 0 Å². The molecular weight excluding hydrogens is 160 g/mol. The Kier molecular flexibility index (Phi) is 3.49. The van der Waals surface area contributed by atoms with Crippen molar-refractivity contribution < 1.29 is 5.11 Å². The summed E-state index contributed by atoms with van der Waals surface area (Å²) in [5.41, 5.74) is 1.23. The SMILES string of the molecule is CCC(CC)(CO)c1ccccc1. The van der Waals surface area contributed by atoms with Crippen LogP contribution in [0.3, 0.4) is 0 Å². The van der Waals surface area contributed by atoms with Crippen LogP contribution in [0.5, 0.6) is 0 Å². The predicted molar refractivity (Wildman–Crippen MR) is 55.8 cm³/mol. The highest BCUT2D eigenvalue weighted by Crippen LogP contribution is 2.30. The fourth-order valence-corrected chi connectivity index (χ4v) is 1.76. The second kappa shape index (κ2) is 4.43. The van der Waals surface area contributed by atoms with Gasteiger partial charge >= 0.3 is 0 Å². The molecule has 0 aliphatic carbocycles. The molecule has 0 radical (unpaired) electrons. The molecule has 0 aliphatic rings. The maximum atomic E-state index is 9.43. The van der Waals surface area contributed by atoms with Crippen molar-refractivity contribution in [2.24, 2.45) is 0 Å². The summed E-state index contributed by atoms with van der Waals surface area (Å²) < 4.78 is 0. The summed E-state index contributed by atoms with van der Waals surface area (Å²) in [5, 5.41) is 9.43. The van der Waals surface area contributed by atoms with E-state index in [0.717, 1.165) is 12.8 Å². The Morgan fingerprint density at radius 2 is 1.62 bits per heavy atom. The van der Waals surface area contributed by atoms with Crippen LogP contribution in [0.4, 0.5) is 0 Å². The lowest BCUT2D eigenvalue weighted by Gasteiger charge is -2.29. The van der Waals surface area contributed by atoms with E-state index in [4.69, 9.17) is 0 Å². The monoisotopic (exact) mass is 178 g/mol. The Bertz CT molecular complexity index is 228. The zero-order chi connectivity index (χ0) is 9.73. The Morgan fingerprint density at radius 1 is 1.08 bits per heavy atom. The first-order valence-corrected chi connectivity index (χ1v) is 4.95. The van der Waals surface area contributed by atoms with Crippen LogP contribution in [0.2, 0.25) is 0 Å². The van der Waals surface area contributed by atoms with E-state index in [0.29, 0.717) is 0 Å². The molecular formula is C12H18O. The standard InChI is InChI=1S/C12H18O/c1-3-12(4-2,10-13)11-8-6-5-7-9-11/h5-9,13H,3-4,10H2,1-2H3. The molecule has 1 heteroatoms. The Labute approximate surface area is 80.4 Å². The minimum atomic E-state index is -0.0265. The van der Waals surface area contributed by atoms with E-state index < -0.39 is 0 Å². The summed E-state index contributed by atoms with van der Waals surface area (Å²) >= 11 is 0. The fourth-order valence-electron chi connectivity index (χ4n) is 1.76. The molecule has 0 spiro atoms. The number of aliphatic hydroxyl groups is 1. The highest BCUT2D eigenvalue weighted by atomic mass is 16.3. The third-order valence-electron chi connectivity index (χ3n) is 3.04. The van der Waals surface area contributed by atoms with Crippen LogP contribution < -0.4 is 0 Å². The smallest absolute Gasteiger partial charge is 0.0527 e. The molecule has 1 aromatic rings. The normalized spacial score (nSPS) is 11.6. The molecule has 0 fully saturated rings. The van der Waals surface area contributed by atoms with Gasteiger partial charge in [-0.3, -0.25) is 0 Å². The zero-order valence-corrected chi connectivity index (χ0v) is 8.46. The summed E-state index contributed by atoms with van der Waals surface area (Å²) in [4.78, 5) is 0. The maximum Gasteiger partial charge on any atom is 0.0527 e. The van der Waals surface area contributed by atoms with Crippen LogP contribution >= 0.6 is 0 Å². The topological polar surface area (TPSA) is 20.2 Å². The lowest BCUT2D eigenvalue weighted by molar-refractivity contribution is 0.183. The largest absolute Gasteiger partial charge is 0.395 e.